The molecule has 0 aromatic heterocycles. The molecule has 1 rings (SSSR count). The van der Waals surface area contributed by atoms with E-state index in [0.29, 0.717) is 6.54 Å². The lowest BCUT2D eigenvalue weighted by molar-refractivity contribution is 0.487. The van der Waals surface area contributed by atoms with E-state index in [-0.39, 0.29) is 17.8 Å². The van der Waals surface area contributed by atoms with Crippen LogP contribution in [0.1, 0.15) is 31.9 Å². The second kappa shape index (κ2) is 6.24. The highest BCUT2D eigenvalue weighted by Gasteiger charge is 2.10. The molecule has 16 heavy (non-hydrogen) atoms. The summed E-state index contributed by atoms with van der Waals surface area (Å²) in [5.74, 6) is -0.224. The van der Waals surface area contributed by atoms with Gasteiger partial charge in [-0.15, -0.1) is 0 Å². The molecule has 0 fully saturated rings. The van der Waals surface area contributed by atoms with Crippen LogP contribution in [0.4, 0.5) is 4.39 Å². The van der Waals surface area contributed by atoms with Crippen LogP contribution in [-0.2, 0) is 0 Å². The summed E-state index contributed by atoms with van der Waals surface area (Å²) in [4.78, 5) is 0. The number of nitrogens with one attached hydrogen (secondary N) is 1. The monoisotopic (exact) mass is 220 g/mol. The summed E-state index contributed by atoms with van der Waals surface area (Å²) in [5.41, 5.74) is 1.06. The van der Waals surface area contributed by atoms with Crippen LogP contribution in [0.25, 0.3) is 0 Å². The molecule has 0 saturated heterocycles. The van der Waals surface area contributed by atoms with Crippen LogP contribution in [0.2, 0.25) is 0 Å². The van der Waals surface area contributed by atoms with Gasteiger partial charge >= 0.3 is 0 Å². The number of halogens is 1. The summed E-state index contributed by atoms with van der Waals surface area (Å²) < 4.78 is 12.8. The van der Waals surface area contributed by atoms with Crippen LogP contribution in [0, 0.1) is 23.1 Å². The molecule has 0 radical (unpaired) electrons. The zero-order valence-electron chi connectivity index (χ0n) is 9.70. The van der Waals surface area contributed by atoms with Crippen molar-refractivity contribution >= 4 is 0 Å². The Morgan fingerprint density at radius 3 is 2.50 bits per heavy atom. The lowest BCUT2D eigenvalue weighted by Crippen LogP contribution is -2.25. The number of hydrogen-bond acceptors (Lipinski definition) is 2. The van der Waals surface area contributed by atoms with Gasteiger partial charge in [0.2, 0.25) is 0 Å². The highest BCUT2D eigenvalue weighted by Crippen LogP contribution is 2.17. The van der Waals surface area contributed by atoms with Gasteiger partial charge in [-0.05, 0) is 31.0 Å². The van der Waals surface area contributed by atoms with Crippen LogP contribution in [-0.4, -0.2) is 6.54 Å². The smallest absolute Gasteiger partial charge is 0.123 e. The highest BCUT2D eigenvalue weighted by atomic mass is 19.1. The van der Waals surface area contributed by atoms with Gasteiger partial charge in [0.05, 0.1) is 12.0 Å². The average Bonchev–Trinajstić information content (AvgIpc) is 2.31. The van der Waals surface area contributed by atoms with Crippen molar-refractivity contribution in [3.63, 3.8) is 0 Å². The third-order valence-electron chi connectivity index (χ3n) is 2.57. The van der Waals surface area contributed by atoms with E-state index in [1.165, 1.54) is 12.1 Å². The van der Waals surface area contributed by atoms with Gasteiger partial charge in [-0.2, -0.15) is 5.26 Å². The summed E-state index contributed by atoms with van der Waals surface area (Å²) >= 11 is 0. The standard InChI is InChI=1S/C13H17FN2/c1-3-13(16-9-10(2)8-15)11-4-6-12(14)7-5-11/h4-7,10,13,16H,3,9H2,1-2H3. The van der Waals surface area contributed by atoms with Crippen molar-refractivity contribution in [2.75, 3.05) is 6.54 Å². The van der Waals surface area contributed by atoms with Gasteiger partial charge in [-0.25, -0.2) is 4.39 Å². The first-order chi connectivity index (χ1) is 7.67. The second-order valence-corrected chi connectivity index (χ2v) is 3.95. The average molecular weight is 220 g/mol. The molecule has 0 aliphatic rings. The fraction of sp³-hybridized carbons (Fsp3) is 0.462. The minimum atomic E-state index is -0.219. The topological polar surface area (TPSA) is 35.8 Å². The number of benzene rings is 1. The molecule has 1 aromatic carbocycles. The first kappa shape index (κ1) is 12.7. The molecule has 0 aliphatic heterocycles. The van der Waals surface area contributed by atoms with Gasteiger partial charge < -0.3 is 5.32 Å². The molecule has 0 heterocycles. The van der Waals surface area contributed by atoms with E-state index in [9.17, 15) is 4.39 Å². The van der Waals surface area contributed by atoms with Crippen molar-refractivity contribution in [1.82, 2.24) is 5.32 Å². The molecular formula is C13H17FN2. The summed E-state index contributed by atoms with van der Waals surface area (Å²) in [5, 5.41) is 12.0. The second-order valence-electron chi connectivity index (χ2n) is 3.95. The van der Waals surface area contributed by atoms with Crippen molar-refractivity contribution in [1.29, 1.82) is 5.26 Å². The lowest BCUT2D eigenvalue weighted by Gasteiger charge is -2.18. The normalized spacial score (nSPS) is 14.1. The van der Waals surface area contributed by atoms with Crippen LogP contribution in [0.15, 0.2) is 24.3 Å². The first-order valence-corrected chi connectivity index (χ1v) is 5.55. The zero-order chi connectivity index (χ0) is 12.0. The Balaban J connectivity index is 2.61. The molecule has 2 nitrogen and oxygen atoms in total. The van der Waals surface area contributed by atoms with Gasteiger partial charge in [0.25, 0.3) is 0 Å². The van der Waals surface area contributed by atoms with Crippen molar-refractivity contribution in [2.45, 2.75) is 26.3 Å². The molecule has 2 atom stereocenters. The SMILES string of the molecule is CCC(NCC(C)C#N)c1ccc(F)cc1. The molecule has 1 aromatic rings. The quantitative estimate of drug-likeness (QED) is 0.828. The van der Waals surface area contributed by atoms with E-state index < -0.39 is 0 Å². The lowest BCUT2D eigenvalue weighted by atomic mass is 10.0. The van der Waals surface area contributed by atoms with E-state index in [1.54, 1.807) is 12.1 Å². The first-order valence-electron chi connectivity index (χ1n) is 5.55. The molecule has 0 spiro atoms. The Bertz CT molecular complexity index is 353. The van der Waals surface area contributed by atoms with Crippen LogP contribution >= 0.6 is 0 Å². The molecule has 0 aliphatic carbocycles. The van der Waals surface area contributed by atoms with Gasteiger partial charge in [0.15, 0.2) is 0 Å². The molecule has 0 bridgehead atoms. The zero-order valence-corrected chi connectivity index (χ0v) is 9.70. The summed E-state index contributed by atoms with van der Waals surface area (Å²) in [6.45, 7) is 4.61. The third-order valence-corrected chi connectivity index (χ3v) is 2.57. The van der Waals surface area contributed by atoms with Crippen LogP contribution < -0.4 is 5.32 Å². The Labute approximate surface area is 96.1 Å². The molecule has 2 unspecified atom stereocenters. The Hall–Kier alpha value is -1.40. The maximum Gasteiger partial charge on any atom is 0.123 e. The Morgan fingerprint density at radius 2 is 2.00 bits per heavy atom. The van der Waals surface area contributed by atoms with E-state index in [1.807, 2.05) is 6.92 Å². The van der Waals surface area contributed by atoms with Crippen molar-refractivity contribution in [3.8, 4) is 6.07 Å². The van der Waals surface area contributed by atoms with E-state index in [2.05, 4.69) is 18.3 Å². The molecule has 86 valence electrons. The predicted molar refractivity (Wildman–Crippen MR) is 62.2 cm³/mol. The fourth-order valence-electron chi connectivity index (χ4n) is 1.56. The maximum atomic E-state index is 12.8. The number of rotatable bonds is 5. The van der Waals surface area contributed by atoms with Gasteiger partial charge in [0.1, 0.15) is 5.82 Å². The van der Waals surface area contributed by atoms with Gasteiger partial charge in [-0.3, -0.25) is 0 Å². The Morgan fingerprint density at radius 1 is 1.38 bits per heavy atom. The molecule has 0 amide bonds. The van der Waals surface area contributed by atoms with Crippen molar-refractivity contribution in [3.05, 3.63) is 35.6 Å². The van der Waals surface area contributed by atoms with Crippen LogP contribution in [0.5, 0.6) is 0 Å². The van der Waals surface area contributed by atoms with E-state index in [4.69, 9.17) is 5.26 Å². The Kier molecular flexibility index (Phi) is 4.94. The minimum Gasteiger partial charge on any atom is -0.309 e. The van der Waals surface area contributed by atoms with E-state index in [0.717, 1.165) is 12.0 Å². The highest BCUT2D eigenvalue weighted by molar-refractivity contribution is 5.19. The fourth-order valence-corrected chi connectivity index (χ4v) is 1.56. The number of nitrogens with zero attached hydrogens (tertiary/aromatic N) is 1. The molecule has 3 heteroatoms. The number of hydrogen-bond donors (Lipinski definition) is 1. The van der Waals surface area contributed by atoms with Crippen molar-refractivity contribution < 1.29 is 4.39 Å². The summed E-state index contributed by atoms with van der Waals surface area (Å²) in [7, 11) is 0. The number of nitriles is 1. The minimum absolute atomic E-state index is 0.00509. The predicted octanol–water partition coefficient (Wildman–Crippen LogP) is 3.03. The largest absolute Gasteiger partial charge is 0.309 e. The molecule has 0 saturated carbocycles. The molecular weight excluding hydrogens is 203 g/mol. The van der Waals surface area contributed by atoms with Gasteiger partial charge in [0, 0.05) is 12.6 Å². The molecule has 1 N–H and O–H groups in total. The van der Waals surface area contributed by atoms with Crippen LogP contribution in [0.3, 0.4) is 0 Å². The maximum absolute atomic E-state index is 12.8. The van der Waals surface area contributed by atoms with Gasteiger partial charge in [-0.1, -0.05) is 19.1 Å². The summed E-state index contributed by atoms with van der Waals surface area (Å²) in [6.07, 6.45) is 0.920. The summed E-state index contributed by atoms with van der Waals surface area (Å²) in [6, 6.07) is 8.88. The van der Waals surface area contributed by atoms with Crippen molar-refractivity contribution in [2.24, 2.45) is 5.92 Å². The van der Waals surface area contributed by atoms with E-state index >= 15 is 0 Å². The third kappa shape index (κ3) is 3.63.